The molecule has 3 heteroatoms. The molecular weight excluding hydrogens is 408 g/mol. The van der Waals surface area contributed by atoms with Crippen LogP contribution in [0.5, 0.6) is 0 Å². The van der Waals surface area contributed by atoms with Gasteiger partial charge in [0.05, 0.1) is 11.5 Å². The minimum absolute atomic E-state index is 0.0202. The van der Waals surface area contributed by atoms with Crippen LogP contribution in [-0.2, 0) is 4.79 Å². The number of hydrogen-bond donors (Lipinski definition) is 2. The fourth-order valence-electron chi connectivity index (χ4n) is 11.5. The maximum atomic E-state index is 12.8. The molecule has 2 N–H and O–H groups in total. The Morgan fingerprint density at radius 1 is 0.818 bits per heavy atom. The average Bonchev–Trinajstić information content (AvgIpc) is 3.13. The van der Waals surface area contributed by atoms with E-state index in [9.17, 15) is 15.0 Å². The molecule has 0 amide bonds. The van der Waals surface area contributed by atoms with Crippen molar-refractivity contribution in [2.75, 3.05) is 0 Å². The first kappa shape index (κ1) is 23.9. The van der Waals surface area contributed by atoms with Gasteiger partial charge < -0.3 is 10.2 Å². The van der Waals surface area contributed by atoms with Crippen LogP contribution < -0.4 is 0 Å². The van der Waals surface area contributed by atoms with Gasteiger partial charge in [0.25, 0.3) is 0 Å². The number of carboxylic acid groups (broad SMARTS) is 1. The number of carboxylic acids is 1. The molecule has 0 aliphatic heterocycles. The van der Waals surface area contributed by atoms with Crippen LogP contribution in [-0.4, -0.2) is 22.3 Å². The Morgan fingerprint density at radius 2 is 1.52 bits per heavy atom. The molecule has 0 aromatic rings. The molecule has 186 valence electrons. The van der Waals surface area contributed by atoms with E-state index in [0.717, 1.165) is 38.5 Å². The fraction of sp³-hybridized carbons (Fsp3) is 0.900. The normalized spacial score (nSPS) is 55.0. The van der Waals surface area contributed by atoms with Gasteiger partial charge in [0.15, 0.2) is 0 Å². The van der Waals surface area contributed by atoms with Crippen molar-refractivity contribution >= 4 is 5.97 Å². The number of rotatable bonds is 2. The van der Waals surface area contributed by atoms with Crippen LogP contribution in [0.3, 0.4) is 0 Å². The van der Waals surface area contributed by atoms with Crippen molar-refractivity contribution in [2.45, 2.75) is 112 Å². The molecule has 33 heavy (non-hydrogen) atoms. The molecule has 5 rings (SSSR count). The van der Waals surface area contributed by atoms with E-state index in [2.05, 4.69) is 48.1 Å². The van der Waals surface area contributed by atoms with Gasteiger partial charge in [-0.3, -0.25) is 4.79 Å². The molecule has 0 aromatic heterocycles. The zero-order valence-electron chi connectivity index (χ0n) is 22.0. The first-order chi connectivity index (χ1) is 15.3. The number of allylic oxidation sites excluding steroid dienone is 1. The maximum absolute atomic E-state index is 12.8. The van der Waals surface area contributed by atoms with Gasteiger partial charge in [-0.1, -0.05) is 46.8 Å². The highest BCUT2D eigenvalue weighted by Crippen LogP contribution is 2.77. The molecule has 0 saturated heterocycles. The van der Waals surface area contributed by atoms with Crippen molar-refractivity contribution in [3.63, 3.8) is 0 Å². The zero-order chi connectivity index (χ0) is 24.2. The van der Waals surface area contributed by atoms with Crippen LogP contribution in [0.25, 0.3) is 0 Å². The molecule has 0 aromatic carbocycles. The minimum Gasteiger partial charge on any atom is -0.481 e. The monoisotopic (exact) mass is 456 g/mol. The van der Waals surface area contributed by atoms with Gasteiger partial charge in [0.2, 0.25) is 0 Å². The summed E-state index contributed by atoms with van der Waals surface area (Å²) in [6, 6.07) is 0. The summed E-state index contributed by atoms with van der Waals surface area (Å²) in [6.07, 6.45) is 10.5. The van der Waals surface area contributed by atoms with Crippen molar-refractivity contribution in [3.05, 3.63) is 12.2 Å². The van der Waals surface area contributed by atoms with Gasteiger partial charge in [-0.25, -0.2) is 0 Å². The first-order valence-corrected chi connectivity index (χ1v) is 13.8. The largest absolute Gasteiger partial charge is 0.481 e. The van der Waals surface area contributed by atoms with E-state index >= 15 is 0 Å². The van der Waals surface area contributed by atoms with Crippen molar-refractivity contribution in [1.29, 1.82) is 0 Å². The topological polar surface area (TPSA) is 57.5 Å². The van der Waals surface area contributed by atoms with Crippen molar-refractivity contribution in [1.82, 2.24) is 0 Å². The number of aliphatic hydroxyl groups is 1. The lowest BCUT2D eigenvalue weighted by molar-refractivity contribution is -0.248. The zero-order valence-corrected chi connectivity index (χ0v) is 22.0. The summed E-state index contributed by atoms with van der Waals surface area (Å²) >= 11 is 0. The lowest BCUT2D eigenvalue weighted by Crippen LogP contribution is -2.67. The molecule has 0 spiro atoms. The molecule has 1 unspecified atom stereocenters. The van der Waals surface area contributed by atoms with E-state index in [1.165, 1.54) is 31.3 Å². The summed E-state index contributed by atoms with van der Waals surface area (Å²) in [4.78, 5) is 12.8. The van der Waals surface area contributed by atoms with Crippen LogP contribution in [0.15, 0.2) is 12.2 Å². The number of aliphatic hydroxyl groups excluding tert-OH is 1. The Labute approximate surface area is 201 Å². The van der Waals surface area contributed by atoms with Gasteiger partial charge in [-0.05, 0) is 122 Å². The molecule has 5 aliphatic carbocycles. The number of hydrogen-bond acceptors (Lipinski definition) is 2. The summed E-state index contributed by atoms with van der Waals surface area (Å²) in [5.74, 6) is 1.79. The number of carbonyl (C=O) groups is 1. The Kier molecular flexibility index (Phi) is 5.15. The molecule has 0 bridgehead atoms. The minimum atomic E-state index is -0.538. The smallest absolute Gasteiger partial charge is 0.309 e. The van der Waals surface area contributed by atoms with Crippen molar-refractivity contribution in [2.24, 2.45) is 56.7 Å². The highest BCUT2D eigenvalue weighted by Gasteiger charge is 2.71. The number of fused-ring (bicyclic) bond motifs is 7. The molecule has 3 nitrogen and oxygen atoms in total. The molecule has 5 saturated carbocycles. The summed E-state index contributed by atoms with van der Waals surface area (Å²) in [5.41, 5.74) is 1.35. The molecular formula is C30H48O3. The fourth-order valence-corrected chi connectivity index (χ4v) is 11.5. The Hall–Kier alpha value is -0.830. The van der Waals surface area contributed by atoms with E-state index < -0.39 is 11.4 Å². The Bertz CT molecular complexity index is 861. The van der Waals surface area contributed by atoms with E-state index in [4.69, 9.17) is 0 Å². The predicted octanol–water partition coefficient (Wildman–Crippen LogP) is 7.09. The van der Waals surface area contributed by atoms with Crippen LogP contribution in [0.1, 0.15) is 106 Å². The summed E-state index contributed by atoms with van der Waals surface area (Å²) < 4.78 is 0. The van der Waals surface area contributed by atoms with E-state index in [1.54, 1.807) is 0 Å². The quantitative estimate of drug-likeness (QED) is 0.436. The standard InChI is InChI=1S/C30H48O3/c1-18(2)19-10-15-30(25(32)33)17-16-28(6)20(24(19)30)8-9-22-27(5)13-12-23(31)26(3,4)21(27)11-14-29(22,28)7/h19-24,31H,1,8-17H2,2-7H3,(H,32,33)/t19-,20?,21-,22+,23-,24+,27-,28+,29+,30-/m0/s1. The third-order valence-corrected chi connectivity index (χ3v) is 13.5. The second-order valence-corrected chi connectivity index (χ2v) is 14.5. The van der Waals surface area contributed by atoms with Crippen LogP contribution >= 0.6 is 0 Å². The van der Waals surface area contributed by atoms with Crippen LogP contribution in [0, 0.1) is 56.7 Å². The molecule has 5 fully saturated rings. The SMILES string of the molecule is C=C(C)[C@@H]1CC[C@]2(C(=O)O)CC[C@]3(C)C(CC[C@@H]4[C@@]5(C)CC[C@H](O)C(C)(C)[C@@H]5CC[C@]43C)[C@@H]12. The Morgan fingerprint density at radius 3 is 2.15 bits per heavy atom. The Balaban J connectivity index is 1.57. The van der Waals surface area contributed by atoms with Gasteiger partial charge in [0, 0.05) is 0 Å². The lowest BCUT2D eigenvalue weighted by Gasteiger charge is -2.72. The van der Waals surface area contributed by atoms with E-state index in [1.807, 2.05) is 0 Å². The average molecular weight is 457 g/mol. The third-order valence-electron chi connectivity index (χ3n) is 13.5. The maximum Gasteiger partial charge on any atom is 0.309 e. The highest BCUT2D eigenvalue weighted by atomic mass is 16.4. The highest BCUT2D eigenvalue weighted by molar-refractivity contribution is 5.76. The van der Waals surface area contributed by atoms with E-state index in [0.29, 0.717) is 23.7 Å². The van der Waals surface area contributed by atoms with Crippen LogP contribution in [0.2, 0.25) is 0 Å². The van der Waals surface area contributed by atoms with Gasteiger partial charge in [-0.15, -0.1) is 0 Å². The predicted molar refractivity (Wildman–Crippen MR) is 133 cm³/mol. The van der Waals surface area contributed by atoms with Crippen LogP contribution in [0.4, 0.5) is 0 Å². The van der Waals surface area contributed by atoms with Crippen molar-refractivity contribution in [3.8, 4) is 0 Å². The van der Waals surface area contributed by atoms with E-state index in [-0.39, 0.29) is 33.7 Å². The van der Waals surface area contributed by atoms with Gasteiger partial charge in [-0.2, -0.15) is 0 Å². The van der Waals surface area contributed by atoms with Crippen molar-refractivity contribution < 1.29 is 15.0 Å². The second kappa shape index (κ2) is 7.11. The molecule has 10 atom stereocenters. The third kappa shape index (κ3) is 2.75. The number of aliphatic carboxylic acids is 1. The summed E-state index contributed by atoms with van der Waals surface area (Å²) in [6.45, 7) is 18.8. The second-order valence-electron chi connectivity index (χ2n) is 14.5. The molecule has 0 heterocycles. The summed E-state index contributed by atoms with van der Waals surface area (Å²) in [7, 11) is 0. The lowest BCUT2D eigenvalue weighted by atomic mass is 9.32. The summed E-state index contributed by atoms with van der Waals surface area (Å²) in [5, 5.41) is 21.4. The molecule has 0 radical (unpaired) electrons. The van der Waals surface area contributed by atoms with Gasteiger partial charge in [0.1, 0.15) is 0 Å². The first-order valence-electron chi connectivity index (χ1n) is 13.8. The van der Waals surface area contributed by atoms with Gasteiger partial charge >= 0.3 is 5.97 Å². The molecule has 5 aliphatic rings.